The normalized spacial score (nSPS) is 29.6. The molecule has 2 rings (SSSR count). The average molecular weight is 282 g/mol. The van der Waals surface area contributed by atoms with Crippen molar-refractivity contribution in [3.05, 3.63) is 0 Å². The van der Waals surface area contributed by atoms with E-state index < -0.39 is 0 Å². The highest BCUT2D eigenvalue weighted by Crippen LogP contribution is 2.37. The van der Waals surface area contributed by atoms with Gasteiger partial charge in [0.2, 0.25) is 0 Å². The fraction of sp³-hybridized carbons (Fsp3) is 1.00. The van der Waals surface area contributed by atoms with Crippen LogP contribution in [0.3, 0.4) is 0 Å². The van der Waals surface area contributed by atoms with Crippen LogP contribution in [0.1, 0.15) is 52.9 Å². The minimum Gasteiger partial charge on any atom is -0.379 e. The molecule has 1 saturated carbocycles. The summed E-state index contributed by atoms with van der Waals surface area (Å²) in [5.74, 6) is 0.847. The van der Waals surface area contributed by atoms with Crippen molar-refractivity contribution in [2.45, 2.75) is 58.9 Å². The summed E-state index contributed by atoms with van der Waals surface area (Å²) >= 11 is 0. The highest BCUT2D eigenvalue weighted by atomic mass is 16.5. The molecular weight excluding hydrogens is 248 g/mol. The van der Waals surface area contributed by atoms with Crippen LogP contribution in [0.25, 0.3) is 0 Å². The number of rotatable bonds is 5. The van der Waals surface area contributed by atoms with Crippen LogP contribution < -0.4 is 5.32 Å². The third-order valence-electron chi connectivity index (χ3n) is 5.04. The van der Waals surface area contributed by atoms with E-state index in [1.807, 2.05) is 0 Å². The molecular formula is C17H34N2O. The number of morpholine rings is 1. The molecule has 1 N–H and O–H groups in total. The van der Waals surface area contributed by atoms with E-state index in [1.54, 1.807) is 0 Å². The number of hydrogen-bond acceptors (Lipinski definition) is 3. The van der Waals surface area contributed by atoms with E-state index in [2.05, 4.69) is 31.0 Å². The van der Waals surface area contributed by atoms with Crippen LogP contribution in [-0.4, -0.2) is 50.3 Å². The van der Waals surface area contributed by atoms with Crippen molar-refractivity contribution < 1.29 is 4.74 Å². The lowest BCUT2D eigenvalue weighted by molar-refractivity contribution is 0.0370. The summed E-state index contributed by atoms with van der Waals surface area (Å²) in [7, 11) is 0. The summed E-state index contributed by atoms with van der Waals surface area (Å²) < 4.78 is 5.40. The predicted molar refractivity (Wildman–Crippen MR) is 85.1 cm³/mol. The fourth-order valence-electron chi connectivity index (χ4n) is 3.83. The Labute approximate surface area is 125 Å². The minimum absolute atomic E-state index is 0.447. The Balaban J connectivity index is 1.66. The van der Waals surface area contributed by atoms with Crippen molar-refractivity contribution in [1.82, 2.24) is 10.2 Å². The summed E-state index contributed by atoms with van der Waals surface area (Å²) in [6.45, 7) is 13.7. The third-order valence-corrected chi connectivity index (χ3v) is 5.04. The second-order valence-electron chi connectivity index (χ2n) is 7.63. The second-order valence-corrected chi connectivity index (χ2v) is 7.63. The molecule has 0 amide bonds. The first-order valence-electron chi connectivity index (χ1n) is 8.61. The number of nitrogens with zero attached hydrogens (tertiary/aromatic N) is 1. The molecule has 0 radical (unpaired) electrons. The zero-order valence-electron chi connectivity index (χ0n) is 13.8. The van der Waals surface area contributed by atoms with Crippen LogP contribution in [0.5, 0.6) is 0 Å². The Kier molecular flexibility index (Phi) is 6.31. The molecule has 1 aliphatic heterocycles. The highest BCUT2D eigenvalue weighted by molar-refractivity contribution is 4.88. The van der Waals surface area contributed by atoms with E-state index >= 15 is 0 Å². The number of nitrogens with one attached hydrogen (secondary N) is 1. The van der Waals surface area contributed by atoms with Gasteiger partial charge in [0.1, 0.15) is 0 Å². The van der Waals surface area contributed by atoms with E-state index in [4.69, 9.17) is 4.74 Å². The van der Waals surface area contributed by atoms with Gasteiger partial charge >= 0.3 is 0 Å². The summed E-state index contributed by atoms with van der Waals surface area (Å²) in [4.78, 5) is 2.54. The Bertz CT molecular complexity index is 269. The van der Waals surface area contributed by atoms with Crippen molar-refractivity contribution >= 4 is 0 Å². The molecule has 0 aromatic carbocycles. The van der Waals surface area contributed by atoms with Crippen molar-refractivity contribution in [1.29, 1.82) is 0 Å². The molecule has 0 bridgehead atoms. The number of hydrogen-bond donors (Lipinski definition) is 1. The van der Waals surface area contributed by atoms with E-state index in [1.165, 1.54) is 45.2 Å². The maximum atomic E-state index is 5.40. The van der Waals surface area contributed by atoms with Crippen molar-refractivity contribution in [2.24, 2.45) is 11.3 Å². The molecule has 3 nitrogen and oxygen atoms in total. The summed E-state index contributed by atoms with van der Waals surface area (Å²) in [5.41, 5.74) is 0.447. The maximum absolute atomic E-state index is 5.40. The standard InChI is InChI=1S/C17H34N2O/c1-17(2,3)15-7-4-5-8-16(15)18-9-6-10-19-11-13-20-14-12-19/h15-16,18H,4-14H2,1-3H3. The fourth-order valence-corrected chi connectivity index (χ4v) is 3.83. The van der Waals surface area contributed by atoms with Crippen LogP contribution >= 0.6 is 0 Å². The van der Waals surface area contributed by atoms with Crippen molar-refractivity contribution in [2.75, 3.05) is 39.4 Å². The molecule has 2 fully saturated rings. The largest absolute Gasteiger partial charge is 0.379 e. The smallest absolute Gasteiger partial charge is 0.0594 e. The summed E-state index contributed by atoms with van der Waals surface area (Å²) in [6, 6.07) is 0.744. The average Bonchev–Trinajstić information content (AvgIpc) is 2.44. The molecule has 20 heavy (non-hydrogen) atoms. The van der Waals surface area contributed by atoms with Gasteiger partial charge in [-0.25, -0.2) is 0 Å². The van der Waals surface area contributed by atoms with E-state index in [9.17, 15) is 0 Å². The Morgan fingerprint density at radius 3 is 2.50 bits per heavy atom. The van der Waals surface area contributed by atoms with Gasteiger partial charge in [-0.2, -0.15) is 0 Å². The molecule has 1 heterocycles. The van der Waals surface area contributed by atoms with Gasteiger partial charge in [-0.3, -0.25) is 4.90 Å². The molecule has 2 aliphatic rings. The molecule has 1 aliphatic carbocycles. The lowest BCUT2D eigenvalue weighted by Gasteiger charge is -2.41. The monoisotopic (exact) mass is 282 g/mol. The molecule has 3 heteroatoms. The van der Waals surface area contributed by atoms with Gasteiger partial charge in [0.25, 0.3) is 0 Å². The SMILES string of the molecule is CC(C)(C)C1CCCCC1NCCCN1CCOCC1. The first kappa shape index (κ1) is 16.3. The second kappa shape index (κ2) is 7.77. The molecule has 0 spiro atoms. The van der Waals surface area contributed by atoms with E-state index in [0.29, 0.717) is 5.41 Å². The van der Waals surface area contributed by atoms with Crippen LogP contribution in [0, 0.1) is 11.3 Å². The van der Waals surface area contributed by atoms with Crippen LogP contribution in [0.15, 0.2) is 0 Å². The molecule has 0 aromatic rings. The quantitative estimate of drug-likeness (QED) is 0.785. The van der Waals surface area contributed by atoms with Gasteiger partial charge in [0.15, 0.2) is 0 Å². The first-order valence-corrected chi connectivity index (χ1v) is 8.61. The molecule has 0 aromatic heterocycles. The highest BCUT2D eigenvalue weighted by Gasteiger charge is 2.33. The summed E-state index contributed by atoms with van der Waals surface area (Å²) in [6.07, 6.45) is 6.89. The third kappa shape index (κ3) is 5.01. The predicted octanol–water partition coefficient (Wildman–Crippen LogP) is 2.90. The van der Waals surface area contributed by atoms with Gasteiger partial charge in [-0.05, 0) is 43.7 Å². The van der Waals surface area contributed by atoms with Crippen molar-refractivity contribution in [3.63, 3.8) is 0 Å². The van der Waals surface area contributed by atoms with Crippen LogP contribution in [0.4, 0.5) is 0 Å². The molecule has 2 unspecified atom stereocenters. The number of ether oxygens (including phenoxy) is 1. The van der Waals surface area contributed by atoms with Gasteiger partial charge in [-0.15, -0.1) is 0 Å². The zero-order valence-corrected chi connectivity index (χ0v) is 13.8. The Morgan fingerprint density at radius 1 is 1.10 bits per heavy atom. The summed E-state index contributed by atoms with van der Waals surface area (Å²) in [5, 5.41) is 3.86. The molecule has 118 valence electrons. The van der Waals surface area contributed by atoms with Gasteiger partial charge < -0.3 is 10.1 Å². The van der Waals surface area contributed by atoms with E-state index in [-0.39, 0.29) is 0 Å². The van der Waals surface area contributed by atoms with Gasteiger partial charge in [0.05, 0.1) is 13.2 Å². The van der Waals surface area contributed by atoms with Gasteiger partial charge in [-0.1, -0.05) is 33.6 Å². The van der Waals surface area contributed by atoms with Crippen molar-refractivity contribution in [3.8, 4) is 0 Å². The lowest BCUT2D eigenvalue weighted by atomic mass is 9.69. The maximum Gasteiger partial charge on any atom is 0.0594 e. The van der Waals surface area contributed by atoms with Gasteiger partial charge in [0, 0.05) is 19.1 Å². The minimum atomic E-state index is 0.447. The first-order chi connectivity index (χ1) is 9.57. The topological polar surface area (TPSA) is 24.5 Å². The van der Waals surface area contributed by atoms with E-state index in [0.717, 1.165) is 38.3 Å². The van der Waals surface area contributed by atoms with Crippen LogP contribution in [-0.2, 0) is 4.74 Å². The molecule has 2 atom stereocenters. The van der Waals surface area contributed by atoms with Crippen LogP contribution in [0.2, 0.25) is 0 Å². The Morgan fingerprint density at radius 2 is 1.80 bits per heavy atom. The molecule has 1 saturated heterocycles. The zero-order chi connectivity index (χ0) is 14.4. The lowest BCUT2D eigenvalue weighted by Crippen LogP contribution is -2.45. The Hall–Kier alpha value is -0.120.